The molecule has 11 heteroatoms. The van der Waals surface area contributed by atoms with Gasteiger partial charge in [0.15, 0.2) is 5.82 Å². The van der Waals surface area contributed by atoms with Gasteiger partial charge in [0.1, 0.15) is 47.1 Å². The highest BCUT2D eigenvalue weighted by atomic mass is 19.1. The summed E-state index contributed by atoms with van der Waals surface area (Å²) >= 11 is 0. The van der Waals surface area contributed by atoms with Gasteiger partial charge in [-0.05, 0) is 86.0 Å². The van der Waals surface area contributed by atoms with Gasteiger partial charge in [-0.3, -0.25) is 4.90 Å². The molecule has 2 N–H and O–H groups in total. The molecule has 0 saturated carbocycles. The van der Waals surface area contributed by atoms with Crippen molar-refractivity contribution in [3.8, 4) is 34.9 Å². The van der Waals surface area contributed by atoms with Gasteiger partial charge in [-0.1, -0.05) is 18.9 Å². The molecular weight excluding hydrogens is 595 g/mol. The summed E-state index contributed by atoms with van der Waals surface area (Å²) in [6.07, 6.45) is 2.19. The average molecular weight is 632 g/mol. The van der Waals surface area contributed by atoms with Crippen LogP contribution in [-0.2, 0) is 6.42 Å². The normalized spacial score (nSPS) is 23.1. The van der Waals surface area contributed by atoms with E-state index in [1.165, 1.54) is 18.2 Å². The van der Waals surface area contributed by atoms with E-state index in [2.05, 4.69) is 26.7 Å². The van der Waals surface area contributed by atoms with E-state index < -0.39 is 29.4 Å². The van der Waals surface area contributed by atoms with Crippen LogP contribution >= 0.6 is 0 Å². The van der Waals surface area contributed by atoms with Gasteiger partial charge in [0.05, 0.1) is 17.0 Å². The molecular formula is C35H36F3N5O3. The Morgan fingerprint density at radius 1 is 1.09 bits per heavy atom. The van der Waals surface area contributed by atoms with Crippen LogP contribution < -0.4 is 9.64 Å². The van der Waals surface area contributed by atoms with E-state index in [1.807, 2.05) is 11.8 Å². The number of ether oxygens (including phenoxy) is 1. The summed E-state index contributed by atoms with van der Waals surface area (Å²) in [5.41, 5.74) is 0.0806. The number of halogens is 3. The van der Waals surface area contributed by atoms with E-state index in [0.29, 0.717) is 60.9 Å². The van der Waals surface area contributed by atoms with Crippen LogP contribution in [0, 0.1) is 23.5 Å². The van der Waals surface area contributed by atoms with Crippen molar-refractivity contribution in [3.63, 3.8) is 0 Å². The van der Waals surface area contributed by atoms with Crippen LogP contribution in [0.4, 0.5) is 19.0 Å². The Morgan fingerprint density at radius 2 is 1.93 bits per heavy atom. The summed E-state index contributed by atoms with van der Waals surface area (Å²) in [7, 11) is 0. The molecule has 7 rings (SSSR count). The summed E-state index contributed by atoms with van der Waals surface area (Å²) < 4.78 is 52.8. The van der Waals surface area contributed by atoms with Crippen LogP contribution in [-0.4, -0.2) is 80.7 Å². The Morgan fingerprint density at radius 3 is 2.72 bits per heavy atom. The largest absolute Gasteiger partial charge is 0.508 e. The quantitative estimate of drug-likeness (QED) is 0.263. The minimum Gasteiger partial charge on any atom is -0.508 e. The number of aliphatic hydroxyl groups excluding tert-OH is 1. The molecule has 8 nitrogen and oxygen atoms in total. The monoisotopic (exact) mass is 631 g/mol. The second-order valence-corrected chi connectivity index (χ2v) is 12.6. The number of phenols is 1. The number of hydrogen-bond donors (Lipinski definition) is 2. The maximum absolute atomic E-state index is 17.0. The molecule has 0 unspecified atom stereocenters. The molecule has 2 aromatic heterocycles. The second kappa shape index (κ2) is 11.9. The van der Waals surface area contributed by atoms with Gasteiger partial charge in [0, 0.05) is 31.6 Å². The van der Waals surface area contributed by atoms with Crippen molar-refractivity contribution in [2.45, 2.75) is 70.2 Å². The number of anilines is 1. The number of benzene rings is 2. The van der Waals surface area contributed by atoms with Gasteiger partial charge in [0.2, 0.25) is 0 Å². The van der Waals surface area contributed by atoms with Crippen LogP contribution in [0.15, 0.2) is 24.3 Å². The SMILES string of the molecule is CC#Cc1nc(-c2cc(O)cc3ccc(F)c(CC)c23)c(F)c2nc(OC[C@@]34CCCN3C[C@H](F)C4)nc(N3CCC[C@@H](O)C3)c12. The lowest BCUT2D eigenvalue weighted by Crippen LogP contribution is -2.43. The Bertz CT molecular complexity index is 1910. The van der Waals surface area contributed by atoms with E-state index in [0.717, 1.165) is 19.4 Å². The van der Waals surface area contributed by atoms with Gasteiger partial charge >= 0.3 is 6.01 Å². The van der Waals surface area contributed by atoms with Crippen molar-refractivity contribution in [3.05, 3.63) is 47.2 Å². The zero-order valence-electron chi connectivity index (χ0n) is 25.9. The molecule has 3 aliphatic heterocycles. The van der Waals surface area contributed by atoms with Crippen LogP contribution in [0.1, 0.15) is 57.2 Å². The highest BCUT2D eigenvalue weighted by Gasteiger charge is 2.49. The second-order valence-electron chi connectivity index (χ2n) is 12.6. The van der Waals surface area contributed by atoms with E-state index in [1.54, 1.807) is 13.0 Å². The number of rotatable bonds is 6. The van der Waals surface area contributed by atoms with Crippen molar-refractivity contribution in [1.82, 2.24) is 19.9 Å². The number of phenolic OH excluding ortho intramolecular Hbond substituents is 1. The Labute approximate surface area is 265 Å². The summed E-state index contributed by atoms with van der Waals surface area (Å²) in [6, 6.07) is 5.69. The zero-order chi connectivity index (χ0) is 32.2. The number of aryl methyl sites for hydroxylation is 1. The minimum atomic E-state index is -0.942. The fraction of sp³-hybridized carbons (Fsp3) is 0.457. The minimum absolute atomic E-state index is 0.0707. The average Bonchev–Trinajstić information content (AvgIpc) is 3.56. The Balaban J connectivity index is 1.45. The maximum Gasteiger partial charge on any atom is 0.319 e. The van der Waals surface area contributed by atoms with Crippen molar-refractivity contribution >= 4 is 27.5 Å². The van der Waals surface area contributed by atoms with Crippen LogP contribution in [0.3, 0.4) is 0 Å². The summed E-state index contributed by atoms with van der Waals surface area (Å²) in [6.45, 7) is 5.58. The molecule has 3 atom stereocenters. The first-order valence-corrected chi connectivity index (χ1v) is 15.9. The number of pyridine rings is 1. The molecule has 240 valence electrons. The maximum atomic E-state index is 17.0. The third-order valence-electron chi connectivity index (χ3n) is 9.68. The number of hydrogen-bond acceptors (Lipinski definition) is 8. The van der Waals surface area contributed by atoms with Gasteiger partial charge in [-0.2, -0.15) is 9.97 Å². The Hall–Kier alpha value is -4.14. The number of nitrogens with zero attached hydrogens (tertiary/aromatic N) is 5. The summed E-state index contributed by atoms with van der Waals surface area (Å²) in [5.74, 6) is 4.82. The van der Waals surface area contributed by atoms with Gasteiger partial charge in [0.25, 0.3) is 0 Å². The highest BCUT2D eigenvalue weighted by molar-refractivity contribution is 6.03. The zero-order valence-corrected chi connectivity index (χ0v) is 25.9. The number of β-amino-alcohol motifs (C(OH)–C–C–N with tert-alkyl or cyclic N) is 1. The Kier molecular flexibility index (Phi) is 7.89. The molecule has 0 bridgehead atoms. The lowest BCUT2D eigenvalue weighted by molar-refractivity contribution is 0.107. The number of aromatic nitrogens is 3. The van der Waals surface area contributed by atoms with E-state index in [9.17, 15) is 14.6 Å². The fourth-order valence-corrected chi connectivity index (χ4v) is 7.64. The number of aromatic hydroxyl groups is 1. The topological polar surface area (TPSA) is 94.8 Å². The van der Waals surface area contributed by atoms with Crippen molar-refractivity contribution < 1.29 is 28.1 Å². The molecule has 5 heterocycles. The molecule has 2 aromatic carbocycles. The van der Waals surface area contributed by atoms with E-state index in [4.69, 9.17) is 9.72 Å². The number of alkyl halides is 1. The molecule has 3 fully saturated rings. The molecule has 46 heavy (non-hydrogen) atoms. The standard InChI is InChI=1S/C35H36F3N5O3/c1-3-7-27-29-32(30(38)31(39-27)25-15-23(45)14-20-9-10-26(37)24(4-2)28(20)25)40-34(41-33(29)42-12-5-8-22(44)18-42)46-19-35-11-6-13-43(35)17-21(36)16-35/h9-10,14-15,21-22,44-45H,4-6,8,11-13,16-19H2,1-2H3/t21-,22-,35+/m1/s1. The first-order valence-electron chi connectivity index (χ1n) is 15.9. The molecule has 0 spiro atoms. The first-order chi connectivity index (χ1) is 22.2. The van der Waals surface area contributed by atoms with Crippen molar-refractivity contribution in [2.75, 3.05) is 37.7 Å². The number of fused-ring (bicyclic) bond motifs is 3. The van der Waals surface area contributed by atoms with Crippen LogP contribution in [0.2, 0.25) is 0 Å². The molecule has 0 amide bonds. The molecule has 0 radical (unpaired) electrons. The molecule has 0 aliphatic carbocycles. The van der Waals surface area contributed by atoms with Crippen LogP contribution in [0.25, 0.3) is 32.9 Å². The smallest absolute Gasteiger partial charge is 0.319 e. The molecule has 3 aliphatic rings. The van der Waals surface area contributed by atoms with Gasteiger partial charge in [-0.15, -0.1) is 0 Å². The lowest BCUT2D eigenvalue weighted by atomic mass is 9.94. The van der Waals surface area contributed by atoms with Gasteiger partial charge in [-0.25, -0.2) is 18.2 Å². The van der Waals surface area contributed by atoms with Crippen molar-refractivity contribution in [1.29, 1.82) is 0 Å². The third-order valence-corrected chi connectivity index (χ3v) is 9.68. The lowest BCUT2D eigenvalue weighted by Gasteiger charge is -2.33. The summed E-state index contributed by atoms with van der Waals surface area (Å²) in [4.78, 5) is 18.0. The molecule has 3 saturated heterocycles. The fourth-order valence-electron chi connectivity index (χ4n) is 7.64. The third kappa shape index (κ3) is 5.17. The predicted molar refractivity (Wildman–Crippen MR) is 170 cm³/mol. The van der Waals surface area contributed by atoms with Crippen molar-refractivity contribution in [2.24, 2.45) is 0 Å². The number of aliphatic hydroxyl groups is 1. The first kappa shape index (κ1) is 30.5. The molecule has 4 aromatic rings. The number of piperidine rings is 1. The van der Waals surface area contributed by atoms with Gasteiger partial charge < -0.3 is 19.8 Å². The predicted octanol–water partition coefficient (Wildman–Crippen LogP) is 5.68. The van der Waals surface area contributed by atoms with E-state index in [-0.39, 0.29) is 52.8 Å². The summed E-state index contributed by atoms with van der Waals surface area (Å²) in [5, 5.41) is 22.4. The van der Waals surface area contributed by atoms with Crippen LogP contribution in [0.5, 0.6) is 11.8 Å². The van der Waals surface area contributed by atoms with E-state index >= 15 is 8.78 Å². The highest BCUT2D eigenvalue weighted by Crippen LogP contribution is 2.42.